The number of fused-ring (bicyclic) bond motifs is 1. The summed E-state index contributed by atoms with van der Waals surface area (Å²) in [5, 5.41) is 2.84. The average molecular weight is 342 g/mol. The maximum atomic E-state index is 12.9. The SMILES string of the molecule is COC(=O)NC1(C)CC(C(=O)N2CC3CC3(c3cccc(C)c3)C2)C1. The molecule has 5 nitrogen and oxygen atoms in total. The van der Waals surface area contributed by atoms with Crippen LogP contribution in [0.15, 0.2) is 24.3 Å². The molecule has 3 aliphatic rings. The van der Waals surface area contributed by atoms with E-state index in [9.17, 15) is 9.59 Å². The van der Waals surface area contributed by atoms with Gasteiger partial charge in [-0.2, -0.15) is 0 Å². The van der Waals surface area contributed by atoms with E-state index < -0.39 is 6.09 Å². The van der Waals surface area contributed by atoms with Crippen molar-refractivity contribution in [1.29, 1.82) is 0 Å². The lowest BCUT2D eigenvalue weighted by Crippen LogP contribution is -2.58. The van der Waals surface area contributed by atoms with Gasteiger partial charge in [0.2, 0.25) is 5.91 Å². The molecule has 1 saturated heterocycles. The second-order valence-electron chi connectivity index (χ2n) is 8.43. The number of hydrogen-bond donors (Lipinski definition) is 1. The third-order valence-electron chi connectivity index (χ3n) is 6.38. The minimum atomic E-state index is -0.422. The molecule has 0 spiro atoms. The van der Waals surface area contributed by atoms with Gasteiger partial charge >= 0.3 is 6.09 Å². The van der Waals surface area contributed by atoms with Gasteiger partial charge in [0, 0.05) is 30.0 Å². The Morgan fingerprint density at radius 1 is 1.28 bits per heavy atom. The highest BCUT2D eigenvalue weighted by molar-refractivity contribution is 5.82. The number of methoxy groups -OCH3 is 1. The van der Waals surface area contributed by atoms with Crippen molar-refractivity contribution in [1.82, 2.24) is 10.2 Å². The first-order valence-electron chi connectivity index (χ1n) is 9.07. The smallest absolute Gasteiger partial charge is 0.407 e. The predicted molar refractivity (Wildman–Crippen MR) is 94.2 cm³/mol. The molecular formula is C20H26N2O3. The molecule has 2 unspecified atom stereocenters. The molecular weight excluding hydrogens is 316 g/mol. The third-order valence-corrected chi connectivity index (χ3v) is 6.38. The van der Waals surface area contributed by atoms with Crippen molar-refractivity contribution in [2.45, 2.75) is 44.1 Å². The highest BCUT2D eigenvalue weighted by Crippen LogP contribution is 2.59. The number of aryl methyl sites for hydroxylation is 1. The van der Waals surface area contributed by atoms with Crippen molar-refractivity contribution in [2.24, 2.45) is 11.8 Å². The van der Waals surface area contributed by atoms with Crippen molar-refractivity contribution in [2.75, 3.05) is 20.2 Å². The largest absolute Gasteiger partial charge is 0.453 e. The van der Waals surface area contributed by atoms with Gasteiger partial charge in [-0.25, -0.2) is 4.79 Å². The molecule has 0 bridgehead atoms. The Morgan fingerprint density at radius 2 is 2.04 bits per heavy atom. The first kappa shape index (κ1) is 16.4. The number of hydrogen-bond acceptors (Lipinski definition) is 3. The van der Waals surface area contributed by atoms with E-state index in [-0.39, 0.29) is 22.8 Å². The standard InChI is InChI=1S/C20H26N2O3/c1-13-5-4-6-15(7-13)20-10-16(20)11-22(12-20)17(23)14-8-19(2,9-14)21-18(24)25-3/h4-7,14,16H,8-12H2,1-3H3,(H,21,24). The molecule has 0 radical (unpaired) electrons. The Balaban J connectivity index is 1.38. The molecule has 2 aliphatic carbocycles. The van der Waals surface area contributed by atoms with E-state index >= 15 is 0 Å². The van der Waals surface area contributed by atoms with Gasteiger partial charge in [0.1, 0.15) is 0 Å². The fraction of sp³-hybridized carbons (Fsp3) is 0.600. The van der Waals surface area contributed by atoms with Gasteiger partial charge in [-0.1, -0.05) is 29.8 Å². The quantitative estimate of drug-likeness (QED) is 0.919. The zero-order valence-electron chi connectivity index (χ0n) is 15.2. The van der Waals surface area contributed by atoms with Crippen molar-refractivity contribution in [3.8, 4) is 0 Å². The summed E-state index contributed by atoms with van der Waals surface area (Å²) in [4.78, 5) is 26.3. The number of nitrogens with one attached hydrogen (secondary N) is 1. The number of alkyl carbamates (subject to hydrolysis) is 1. The molecule has 2 atom stereocenters. The third kappa shape index (κ3) is 2.70. The predicted octanol–water partition coefficient (Wildman–Crippen LogP) is 2.62. The molecule has 4 rings (SSSR count). The Labute approximate surface area is 148 Å². The summed E-state index contributed by atoms with van der Waals surface area (Å²) in [5.74, 6) is 0.885. The Kier molecular flexibility index (Phi) is 3.60. The van der Waals surface area contributed by atoms with Crippen LogP contribution in [0, 0.1) is 18.8 Å². The molecule has 134 valence electrons. The van der Waals surface area contributed by atoms with Gasteiger partial charge in [0.05, 0.1) is 7.11 Å². The molecule has 2 saturated carbocycles. The number of ether oxygens (including phenoxy) is 1. The molecule has 1 aromatic rings. The number of likely N-dealkylation sites (tertiary alicyclic amines) is 1. The van der Waals surface area contributed by atoms with Crippen LogP contribution in [0.25, 0.3) is 0 Å². The zero-order valence-corrected chi connectivity index (χ0v) is 15.2. The molecule has 2 amide bonds. The van der Waals surface area contributed by atoms with Crippen LogP contribution in [0.2, 0.25) is 0 Å². The molecule has 1 aliphatic heterocycles. The highest BCUT2D eigenvalue weighted by atomic mass is 16.5. The molecule has 3 fully saturated rings. The number of piperidine rings is 1. The summed E-state index contributed by atoms with van der Waals surface area (Å²) >= 11 is 0. The number of nitrogens with zero attached hydrogens (tertiary/aromatic N) is 1. The molecule has 1 heterocycles. The lowest BCUT2D eigenvalue weighted by molar-refractivity contribution is -0.140. The van der Waals surface area contributed by atoms with Gasteiger partial charge < -0.3 is 15.0 Å². The van der Waals surface area contributed by atoms with Gasteiger partial charge in [0.25, 0.3) is 0 Å². The maximum Gasteiger partial charge on any atom is 0.407 e. The minimum absolute atomic E-state index is 0.0224. The monoisotopic (exact) mass is 342 g/mol. The maximum absolute atomic E-state index is 12.9. The highest BCUT2D eigenvalue weighted by Gasteiger charge is 2.62. The van der Waals surface area contributed by atoms with E-state index in [0.717, 1.165) is 13.1 Å². The lowest BCUT2D eigenvalue weighted by atomic mass is 9.69. The average Bonchev–Trinajstić information content (AvgIpc) is 3.13. The fourth-order valence-corrected chi connectivity index (χ4v) is 4.91. The second-order valence-corrected chi connectivity index (χ2v) is 8.43. The van der Waals surface area contributed by atoms with Crippen LogP contribution in [0.4, 0.5) is 4.79 Å². The summed E-state index contributed by atoms with van der Waals surface area (Å²) in [5.41, 5.74) is 2.55. The summed E-state index contributed by atoms with van der Waals surface area (Å²) in [6.07, 6.45) is 2.17. The van der Waals surface area contributed by atoms with E-state index in [1.807, 2.05) is 6.92 Å². The molecule has 1 N–H and O–H groups in total. The number of amides is 2. The van der Waals surface area contributed by atoms with E-state index in [0.29, 0.717) is 18.8 Å². The summed E-state index contributed by atoms with van der Waals surface area (Å²) in [6, 6.07) is 8.73. The molecule has 0 aromatic heterocycles. The molecule has 5 heteroatoms. The zero-order chi connectivity index (χ0) is 17.8. The van der Waals surface area contributed by atoms with E-state index in [1.165, 1.54) is 24.7 Å². The van der Waals surface area contributed by atoms with Crippen LogP contribution in [-0.4, -0.2) is 42.6 Å². The number of rotatable bonds is 3. The van der Waals surface area contributed by atoms with Gasteiger partial charge in [0.15, 0.2) is 0 Å². The van der Waals surface area contributed by atoms with Gasteiger partial charge in [-0.3, -0.25) is 4.79 Å². The van der Waals surface area contributed by atoms with Crippen molar-refractivity contribution < 1.29 is 14.3 Å². The molecule has 1 aromatic carbocycles. The van der Waals surface area contributed by atoms with Crippen LogP contribution in [-0.2, 0) is 14.9 Å². The van der Waals surface area contributed by atoms with Crippen LogP contribution >= 0.6 is 0 Å². The first-order valence-corrected chi connectivity index (χ1v) is 9.07. The summed E-state index contributed by atoms with van der Waals surface area (Å²) in [6.45, 7) is 5.82. The number of carbonyl (C=O) groups is 2. The van der Waals surface area contributed by atoms with Gasteiger partial charge in [-0.05, 0) is 44.6 Å². The van der Waals surface area contributed by atoms with Gasteiger partial charge in [-0.15, -0.1) is 0 Å². The number of benzene rings is 1. The first-order chi connectivity index (χ1) is 11.8. The second kappa shape index (κ2) is 5.48. The fourth-order valence-electron chi connectivity index (χ4n) is 4.91. The minimum Gasteiger partial charge on any atom is -0.453 e. The van der Waals surface area contributed by atoms with Crippen molar-refractivity contribution in [3.05, 3.63) is 35.4 Å². The van der Waals surface area contributed by atoms with Crippen LogP contribution in [0.3, 0.4) is 0 Å². The van der Waals surface area contributed by atoms with E-state index in [2.05, 4.69) is 46.1 Å². The van der Waals surface area contributed by atoms with Crippen LogP contribution in [0.1, 0.15) is 37.3 Å². The van der Waals surface area contributed by atoms with Crippen molar-refractivity contribution >= 4 is 12.0 Å². The Hall–Kier alpha value is -2.04. The van der Waals surface area contributed by atoms with Crippen LogP contribution < -0.4 is 5.32 Å². The Bertz CT molecular complexity index is 725. The van der Waals surface area contributed by atoms with Crippen LogP contribution in [0.5, 0.6) is 0 Å². The number of carbonyl (C=O) groups excluding carboxylic acids is 2. The molecule has 25 heavy (non-hydrogen) atoms. The van der Waals surface area contributed by atoms with E-state index in [1.54, 1.807) is 0 Å². The lowest BCUT2D eigenvalue weighted by Gasteiger charge is -2.45. The van der Waals surface area contributed by atoms with E-state index in [4.69, 9.17) is 0 Å². The Morgan fingerprint density at radius 3 is 2.72 bits per heavy atom. The summed E-state index contributed by atoms with van der Waals surface area (Å²) < 4.78 is 4.66. The normalized spacial score (nSPS) is 35.6. The van der Waals surface area contributed by atoms with Crippen molar-refractivity contribution in [3.63, 3.8) is 0 Å². The topological polar surface area (TPSA) is 58.6 Å². The summed E-state index contributed by atoms with van der Waals surface area (Å²) in [7, 11) is 1.36.